The summed E-state index contributed by atoms with van der Waals surface area (Å²) in [5.41, 5.74) is 3.13. The molecule has 0 spiro atoms. The summed E-state index contributed by atoms with van der Waals surface area (Å²) >= 11 is 1.70. The molecule has 2 aliphatic rings. The van der Waals surface area contributed by atoms with E-state index in [4.69, 9.17) is 0 Å². The lowest BCUT2D eigenvalue weighted by atomic mass is 9.81. The van der Waals surface area contributed by atoms with Crippen molar-refractivity contribution in [1.82, 2.24) is 8.87 Å². The molecule has 2 unspecified atom stereocenters. The van der Waals surface area contributed by atoms with Gasteiger partial charge in [-0.3, -0.25) is 4.79 Å². The highest BCUT2D eigenvalue weighted by atomic mass is 32.2. The Kier molecular flexibility index (Phi) is 5.42. The van der Waals surface area contributed by atoms with Crippen molar-refractivity contribution in [2.75, 3.05) is 25.1 Å². The van der Waals surface area contributed by atoms with Gasteiger partial charge < -0.3 is 4.57 Å². The fourth-order valence-electron chi connectivity index (χ4n) is 4.60. The van der Waals surface area contributed by atoms with Crippen LogP contribution in [0.4, 0.5) is 0 Å². The number of rotatable bonds is 5. The fraction of sp³-hybridized carbons (Fsp3) is 0.476. The van der Waals surface area contributed by atoms with Crippen LogP contribution in [-0.4, -0.2) is 42.4 Å². The highest BCUT2D eigenvalue weighted by molar-refractivity contribution is 7.98. The van der Waals surface area contributed by atoms with Crippen molar-refractivity contribution in [1.29, 1.82) is 0 Å². The first-order chi connectivity index (χ1) is 13.4. The first-order valence-corrected chi connectivity index (χ1v) is 12.6. The lowest BCUT2D eigenvalue weighted by Gasteiger charge is -2.43. The van der Waals surface area contributed by atoms with E-state index in [9.17, 15) is 13.2 Å². The monoisotopic (exact) mass is 418 g/mol. The van der Waals surface area contributed by atoms with Gasteiger partial charge in [-0.05, 0) is 48.8 Å². The Hall–Kier alpha value is -1.57. The number of fused-ring (bicyclic) bond motifs is 4. The molecule has 0 radical (unpaired) electrons. The summed E-state index contributed by atoms with van der Waals surface area (Å²) in [6.45, 7) is 3.49. The summed E-state index contributed by atoms with van der Waals surface area (Å²) in [4.78, 5) is 13.8. The molecule has 1 aromatic carbocycles. The molecule has 0 saturated carbocycles. The molecule has 2 aromatic rings. The number of hydrogen-bond acceptors (Lipinski definition) is 4. The molecule has 2 aliphatic heterocycles. The quantitative estimate of drug-likeness (QED) is 0.699. The van der Waals surface area contributed by atoms with E-state index in [0.717, 1.165) is 23.2 Å². The summed E-state index contributed by atoms with van der Waals surface area (Å²) in [6, 6.07) is 11.9. The minimum atomic E-state index is -3.23. The van der Waals surface area contributed by atoms with Crippen LogP contribution in [0.5, 0.6) is 0 Å². The normalized spacial score (nSPS) is 22.1. The Balaban J connectivity index is 1.77. The van der Waals surface area contributed by atoms with Gasteiger partial charge in [0.05, 0.1) is 5.75 Å². The van der Waals surface area contributed by atoms with Crippen molar-refractivity contribution in [3.05, 3.63) is 52.4 Å². The third-order valence-electron chi connectivity index (χ3n) is 5.81. The molecule has 7 heteroatoms. The third-order valence-corrected chi connectivity index (χ3v) is 8.57. The second-order valence-electron chi connectivity index (χ2n) is 7.74. The zero-order valence-corrected chi connectivity index (χ0v) is 17.9. The minimum Gasteiger partial charge on any atom is -0.311 e. The molecule has 1 aromatic heterocycles. The molecule has 2 atom stereocenters. The molecule has 28 heavy (non-hydrogen) atoms. The number of benzene rings is 1. The van der Waals surface area contributed by atoms with Crippen molar-refractivity contribution in [3.8, 4) is 11.1 Å². The third kappa shape index (κ3) is 3.55. The molecule has 4 rings (SSSR count). The van der Waals surface area contributed by atoms with Crippen LogP contribution in [-0.2, 0) is 16.6 Å². The van der Waals surface area contributed by atoms with Gasteiger partial charge in [-0.1, -0.05) is 19.1 Å². The predicted octanol–water partition coefficient (Wildman–Crippen LogP) is 3.40. The van der Waals surface area contributed by atoms with Crippen LogP contribution < -0.4 is 5.56 Å². The van der Waals surface area contributed by atoms with Crippen LogP contribution in [0.1, 0.15) is 31.4 Å². The van der Waals surface area contributed by atoms with E-state index in [0.29, 0.717) is 26.1 Å². The average molecular weight is 419 g/mol. The standard InChI is InChI=1S/C21H26N2O3S2/c1-3-10-28(25,26)22-12-15-11-17(14-22)21-19(8-9-20(24)23(21)13-15)16-4-6-18(27-2)7-5-16/h4-9,15,17H,3,10-14H2,1-2H3. The summed E-state index contributed by atoms with van der Waals surface area (Å²) in [7, 11) is -3.23. The molecule has 1 fully saturated rings. The van der Waals surface area contributed by atoms with Crippen LogP contribution in [0.15, 0.2) is 46.1 Å². The second kappa shape index (κ2) is 7.69. The van der Waals surface area contributed by atoms with Gasteiger partial charge in [0.15, 0.2) is 0 Å². The number of pyridine rings is 1. The Morgan fingerprint density at radius 1 is 1.07 bits per heavy atom. The van der Waals surface area contributed by atoms with E-state index in [1.165, 1.54) is 4.90 Å². The SMILES string of the molecule is CCCS(=O)(=O)N1CC2CC(C1)c1c(-c3ccc(SC)cc3)ccc(=O)n1C2. The number of sulfonamides is 1. The van der Waals surface area contributed by atoms with E-state index in [1.54, 1.807) is 22.1 Å². The van der Waals surface area contributed by atoms with Crippen molar-refractivity contribution in [3.63, 3.8) is 0 Å². The zero-order valence-electron chi connectivity index (χ0n) is 16.3. The second-order valence-corrected chi connectivity index (χ2v) is 10.7. The van der Waals surface area contributed by atoms with E-state index in [1.807, 2.05) is 23.8 Å². The lowest BCUT2D eigenvalue weighted by Crippen LogP contribution is -2.49. The maximum absolute atomic E-state index is 12.7. The summed E-state index contributed by atoms with van der Waals surface area (Å²) in [5, 5.41) is 0. The number of hydrogen-bond donors (Lipinski definition) is 0. The highest BCUT2D eigenvalue weighted by Gasteiger charge is 2.39. The molecule has 5 nitrogen and oxygen atoms in total. The van der Waals surface area contributed by atoms with Gasteiger partial charge in [-0.15, -0.1) is 11.8 Å². The van der Waals surface area contributed by atoms with Crippen LogP contribution >= 0.6 is 11.8 Å². The molecule has 2 bridgehead atoms. The highest BCUT2D eigenvalue weighted by Crippen LogP contribution is 2.40. The molecule has 0 N–H and O–H groups in total. The van der Waals surface area contributed by atoms with Gasteiger partial charge in [-0.2, -0.15) is 0 Å². The molecule has 150 valence electrons. The Labute approximate surface area is 170 Å². The van der Waals surface area contributed by atoms with E-state index >= 15 is 0 Å². The average Bonchev–Trinajstić information content (AvgIpc) is 2.69. The van der Waals surface area contributed by atoms with E-state index in [-0.39, 0.29) is 23.1 Å². The fourth-order valence-corrected chi connectivity index (χ4v) is 6.63. The lowest BCUT2D eigenvalue weighted by molar-refractivity contribution is 0.187. The Morgan fingerprint density at radius 3 is 2.50 bits per heavy atom. The molecule has 0 aliphatic carbocycles. The van der Waals surface area contributed by atoms with Crippen molar-refractivity contribution in [2.45, 2.75) is 37.1 Å². The first-order valence-electron chi connectivity index (χ1n) is 9.79. The van der Waals surface area contributed by atoms with Crippen LogP contribution in [0, 0.1) is 5.92 Å². The maximum Gasteiger partial charge on any atom is 0.250 e. The Bertz CT molecular complexity index is 1030. The minimum absolute atomic E-state index is 0.0130. The topological polar surface area (TPSA) is 59.4 Å². The zero-order chi connectivity index (χ0) is 19.9. The van der Waals surface area contributed by atoms with Gasteiger partial charge in [0, 0.05) is 47.8 Å². The van der Waals surface area contributed by atoms with Gasteiger partial charge >= 0.3 is 0 Å². The van der Waals surface area contributed by atoms with E-state index < -0.39 is 10.0 Å². The van der Waals surface area contributed by atoms with Crippen LogP contribution in [0.25, 0.3) is 11.1 Å². The Morgan fingerprint density at radius 2 is 1.82 bits per heavy atom. The molecule has 1 saturated heterocycles. The van der Waals surface area contributed by atoms with Crippen molar-refractivity contribution < 1.29 is 8.42 Å². The number of piperidine rings is 1. The molecular weight excluding hydrogens is 392 g/mol. The number of nitrogens with zero attached hydrogens (tertiary/aromatic N) is 2. The van der Waals surface area contributed by atoms with Gasteiger partial charge in [0.2, 0.25) is 10.0 Å². The van der Waals surface area contributed by atoms with Crippen LogP contribution in [0.2, 0.25) is 0 Å². The molecule has 3 heterocycles. The molecular formula is C21H26N2O3S2. The van der Waals surface area contributed by atoms with Gasteiger partial charge in [0.1, 0.15) is 0 Å². The van der Waals surface area contributed by atoms with Gasteiger partial charge in [-0.25, -0.2) is 12.7 Å². The smallest absolute Gasteiger partial charge is 0.250 e. The first kappa shape index (κ1) is 19.7. The summed E-state index contributed by atoms with van der Waals surface area (Å²) < 4.78 is 28.9. The van der Waals surface area contributed by atoms with Crippen molar-refractivity contribution in [2.24, 2.45) is 5.92 Å². The van der Waals surface area contributed by atoms with E-state index in [2.05, 4.69) is 24.3 Å². The molecule has 0 amide bonds. The maximum atomic E-state index is 12.7. The van der Waals surface area contributed by atoms with Crippen molar-refractivity contribution >= 4 is 21.8 Å². The van der Waals surface area contributed by atoms with Crippen LogP contribution in [0.3, 0.4) is 0 Å². The summed E-state index contributed by atoms with van der Waals surface area (Å²) in [5.74, 6) is 0.449. The number of aromatic nitrogens is 1. The number of thioether (sulfide) groups is 1. The summed E-state index contributed by atoms with van der Waals surface area (Å²) in [6.07, 6.45) is 3.61. The van der Waals surface area contributed by atoms with Gasteiger partial charge in [0.25, 0.3) is 5.56 Å². The largest absolute Gasteiger partial charge is 0.311 e. The predicted molar refractivity (Wildman–Crippen MR) is 114 cm³/mol.